The molecule has 3 atom stereocenters. The van der Waals surface area contributed by atoms with Gasteiger partial charge in [0.1, 0.15) is 6.61 Å². The zero-order valence-corrected chi connectivity index (χ0v) is 18.2. The molecular weight excluding hydrogens is 410 g/mol. The molecule has 0 radical (unpaired) electrons. The number of hydrogen-bond acceptors (Lipinski definition) is 6. The van der Waals surface area contributed by atoms with Crippen molar-refractivity contribution in [3.63, 3.8) is 0 Å². The number of nitro groups is 1. The van der Waals surface area contributed by atoms with Crippen LogP contribution >= 0.6 is 0 Å². The molecule has 2 saturated carbocycles. The van der Waals surface area contributed by atoms with Crippen molar-refractivity contribution in [2.75, 3.05) is 7.11 Å². The molecule has 0 aromatic heterocycles. The smallest absolute Gasteiger partial charge is 0.269 e. The zero-order valence-electron chi connectivity index (χ0n) is 18.2. The van der Waals surface area contributed by atoms with Gasteiger partial charge in [0.05, 0.1) is 18.2 Å². The summed E-state index contributed by atoms with van der Waals surface area (Å²) in [6, 6.07) is 11.6. The van der Waals surface area contributed by atoms with Crippen molar-refractivity contribution in [1.29, 1.82) is 0 Å². The SMILES string of the molecule is COc1cc(/C=N/NC(=O)C2C3CCCCC32C)ccc1OCc1ccc([N+](=O)[O-])cc1. The van der Waals surface area contributed by atoms with E-state index in [0.29, 0.717) is 17.4 Å². The van der Waals surface area contributed by atoms with Crippen molar-refractivity contribution < 1.29 is 19.2 Å². The largest absolute Gasteiger partial charge is 0.493 e. The maximum absolute atomic E-state index is 12.5. The molecule has 3 unspecified atom stereocenters. The molecule has 8 nitrogen and oxygen atoms in total. The number of methoxy groups -OCH3 is 1. The van der Waals surface area contributed by atoms with Crippen molar-refractivity contribution in [3.8, 4) is 11.5 Å². The molecule has 0 bridgehead atoms. The number of benzene rings is 2. The first kappa shape index (κ1) is 21.8. The van der Waals surface area contributed by atoms with Crippen LogP contribution in [0.4, 0.5) is 5.69 Å². The normalized spacial score (nSPS) is 23.9. The summed E-state index contributed by atoms with van der Waals surface area (Å²) >= 11 is 0. The second kappa shape index (κ2) is 8.98. The third kappa shape index (κ3) is 4.44. The van der Waals surface area contributed by atoms with Crippen molar-refractivity contribution in [1.82, 2.24) is 5.43 Å². The molecule has 1 N–H and O–H groups in total. The van der Waals surface area contributed by atoms with Crippen LogP contribution in [0.2, 0.25) is 0 Å². The summed E-state index contributed by atoms with van der Waals surface area (Å²) in [5, 5.41) is 14.9. The number of ether oxygens (including phenoxy) is 2. The van der Waals surface area contributed by atoms with Crippen molar-refractivity contribution in [2.24, 2.45) is 22.4 Å². The minimum atomic E-state index is -0.436. The first-order chi connectivity index (χ1) is 15.4. The molecule has 8 heteroatoms. The van der Waals surface area contributed by atoms with Gasteiger partial charge in [-0.05, 0) is 65.6 Å². The highest BCUT2D eigenvalue weighted by Gasteiger charge is 2.64. The van der Waals surface area contributed by atoms with Crippen LogP contribution in [0.15, 0.2) is 47.6 Å². The quantitative estimate of drug-likeness (QED) is 0.373. The zero-order chi connectivity index (χ0) is 22.7. The van der Waals surface area contributed by atoms with Crippen LogP contribution < -0.4 is 14.9 Å². The van der Waals surface area contributed by atoms with Gasteiger partial charge in [0, 0.05) is 18.1 Å². The van der Waals surface area contributed by atoms with Gasteiger partial charge < -0.3 is 9.47 Å². The van der Waals surface area contributed by atoms with Crippen LogP contribution in [0.1, 0.15) is 43.7 Å². The van der Waals surface area contributed by atoms with Gasteiger partial charge in [-0.25, -0.2) is 5.43 Å². The van der Waals surface area contributed by atoms with E-state index in [1.807, 2.05) is 6.07 Å². The Bertz CT molecular complexity index is 1040. The van der Waals surface area contributed by atoms with Crippen molar-refractivity contribution in [2.45, 2.75) is 39.2 Å². The molecule has 0 aliphatic heterocycles. The lowest BCUT2D eigenvalue weighted by molar-refractivity contribution is -0.384. The maximum Gasteiger partial charge on any atom is 0.269 e. The number of rotatable bonds is 8. The van der Waals surface area contributed by atoms with E-state index in [1.165, 1.54) is 25.0 Å². The van der Waals surface area contributed by atoms with Crippen LogP contribution in [0.3, 0.4) is 0 Å². The molecule has 2 aliphatic rings. The molecule has 1 amide bonds. The van der Waals surface area contributed by atoms with E-state index in [4.69, 9.17) is 9.47 Å². The number of fused-ring (bicyclic) bond motifs is 1. The molecular formula is C24H27N3O5. The fourth-order valence-electron chi connectivity index (χ4n) is 4.85. The van der Waals surface area contributed by atoms with Crippen LogP contribution in [-0.4, -0.2) is 24.2 Å². The maximum atomic E-state index is 12.5. The number of non-ortho nitro benzene ring substituents is 1. The highest BCUT2D eigenvalue weighted by atomic mass is 16.6. The number of hydrazone groups is 1. The Labute approximate surface area is 186 Å². The van der Waals surface area contributed by atoms with Crippen molar-refractivity contribution in [3.05, 3.63) is 63.7 Å². The highest BCUT2D eigenvalue weighted by Crippen LogP contribution is 2.66. The third-order valence-corrected chi connectivity index (χ3v) is 6.73. The summed E-state index contributed by atoms with van der Waals surface area (Å²) in [7, 11) is 1.55. The highest BCUT2D eigenvalue weighted by molar-refractivity contribution is 5.86. The van der Waals surface area contributed by atoms with Crippen LogP contribution in [-0.2, 0) is 11.4 Å². The van der Waals surface area contributed by atoms with E-state index in [2.05, 4.69) is 17.5 Å². The fourth-order valence-corrected chi connectivity index (χ4v) is 4.85. The Hall–Kier alpha value is -3.42. The number of nitro benzene ring substituents is 1. The molecule has 2 fully saturated rings. The number of carbonyl (C=O) groups excluding carboxylic acids is 1. The van der Waals surface area contributed by atoms with Crippen LogP contribution in [0, 0.1) is 27.4 Å². The number of amides is 1. The molecule has 168 valence electrons. The van der Waals surface area contributed by atoms with Gasteiger partial charge in [0.15, 0.2) is 11.5 Å². The number of carbonyl (C=O) groups is 1. The summed E-state index contributed by atoms with van der Waals surface area (Å²) in [6.07, 6.45) is 6.27. The predicted octanol–water partition coefficient (Wildman–Crippen LogP) is 4.46. The number of nitrogens with zero attached hydrogens (tertiary/aromatic N) is 2. The molecule has 0 spiro atoms. The Kier molecular flexibility index (Phi) is 6.12. The minimum Gasteiger partial charge on any atom is -0.493 e. The molecule has 0 heterocycles. The Morgan fingerprint density at radius 3 is 2.69 bits per heavy atom. The van der Waals surface area contributed by atoms with Gasteiger partial charge in [-0.3, -0.25) is 14.9 Å². The first-order valence-electron chi connectivity index (χ1n) is 10.8. The van der Waals surface area contributed by atoms with Gasteiger partial charge in [-0.1, -0.05) is 19.8 Å². The summed E-state index contributed by atoms with van der Waals surface area (Å²) in [5.41, 5.74) is 4.47. The fraction of sp³-hybridized carbons (Fsp3) is 0.417. The second-order valence-corrected chi connectivity index (χ2v) is 8.69. The Balaban J connectivity index is 1.33. The summed E-state index contributed by atoms with van der Waals surface area (Å²) < 4.78 is 11.2. The van der Waals surface area contributed by atoms with Crippen molar-refractivity contribution >= 4 is 17.8 Å². The first-order valence-corrected chi connectivity index (χ1v) is 10.8. The van der Waals surface area contributed by atoms with Gasteiger partial charge >= 0.3 is 0 Å². The summed E-state index contributed by atoms with van der Waals surface area (Å²) in [5.74, 6) is 1.65. The average Bonchev–Trinajstić information content (AvgIpc) is 3.43. The standard InChI is InChI=1S/C24H27N3O5/c1-24-12-4-3-5-19(24)22(24)23(28)26-25-14-17-8-11-20(21(13-17)31-2)32-15-16-6-9-18(10-7-16)27(29)30/h6-11,13-14,19,22H,3-5,12,15H2,1-2H3,(H,26,28)/b25-14+. The molecule has 2 aliphatic carbocycles. The molecule has 2 aromatic carbocycles. The average molecular weight is 437 g/mol. The van der Waals surface area contributed by atoms with E-state index >= 15 is 0 Å². The van der Waals surface area contributed by atoms with E-state index in [1.54, 1.807) is 37.6 Å². The van der Waals surface area contributed by atoms with Crippen LogP contribution in [0.5, 0.6) is 11.5 Å². The van der Waals surface area contributed by atoms with E-state index in [9.17, 15) is 14.9 Å². The second-order valence-electron chi connectivity index (χ2n) is 8.69. The predicted molar refractivity (Wildman–Crippen MR) is 120 cm³/mol. The van der Waals surface area contributed by atoms with Gasteiger partial charge in [-0.15, -0.1) is 0 Å². The van der Waals surface area contributed by atoms with Gasteiger partial charge in [0.2, 0.25) is 5.91 Å². The monoisotopic (exact) mass is 437 g/mol. The lowest BCUT2D eigenvalue weighted by Crippen LogP contribution is -2.22. The summed E-state index contributed by atoms with van der Waals surface area (Å²) in [4.78, 5) is 22.8. The Morgan fingerprint density at radius 2 is 2.03 bits per heavy atom. The molecule has 2 aromatic rings. The third-order valence-electron chi connectivity index (χ3n) is 6.73. The van der Waals surface area contributed by atoms with Crippen LogP contribution in [0.25, 0.3) is 0 Å². The topological polar surface area (TPSA) is 103 Å². The molecule has 0 saturated heterocycles. The molecule has 4 rings (SSSR count). The molecule has 32 heavy (non-hydrogen) atoms. The van der Waals surface area contributed by atoms with E-state index in [0.717, 1.165) is 24.0 Å². The number of hydrogen-bond donors (Lipinski definition) is 1. The number of nitrogens with one attached hydrogen (secondary N) is 1. The van der Waals surface area contributed by atoms with E-state index in [-0.39, 0.29) is 29.5 Å². The summed E-state index contributed by atoms with van der Waals surface area (Å²) in [6.45, 7) is 2.46. The lowest BCUT2D eigenvalue weighted by atomic mass is 9.90. The van der Waals surface area contributed by atoms with Gasteiger partial charge in [-0.2, -0.15) is 5.10 Å². The Morgan fingerprint density at radius 1 is 1.25 bits per heavy atom. The van der Waals surface area contributed by atoms with E-state index < -0.39 is 4.92 Å². The van der Waals surface area contributed by atoms with Gasteiger partial charge in [0.25, 0.3) is 5.69 Å². The lowest BCUT2D eigenvalue weighted by Gasteiger charge is -2.15. The minimum absolute atomic E-state index is 0.00525.